The molecule has 1 aliphatic rings. The van der Waals surface area contributed by atoms with E-state index in [1.165, 1.54) is 0 Å². The molecule has 0 atom stereocenters. The third-order valence-corrected chi connectivity index (χ3v) is 3.52. The zero-order valence-corrected chi connectivity index (χ0v) is 12.7. The lowest BCUT2D eigenvalue weighted by atomic mass is 10.2. The molecular weight excluding hydrogens is 280 g/mol. The van der Waals surface area contributed by atoms with Crippen LogP contribution in [-0.4, -0.2) is 20.3 Å². The van der Waals surface area contributed by atoms with Gasteiger partial charge in [-0.2, -0.15) is 0 Å². The van der Waals surface area contributed by atoms with Crippen LogP contribution in [-0.2, 0) is 16.1 Å². The first-order chi connectivity index (χ1) is 10.9. The second kappa shape index (κ2) is 7.29. The summed E-state index contributed by atoms with van der Waals surface area (Å²) in [5.41, 5.74) is 2.07. The van der Waals surface area contributed by atoms with Crippen molar-refractivity contribution in [2.75, 3.05) is 20.3 Å². The van der Waals surface area contributed by atoms with Crippen LogP contribution < -0.4 is 9.47 Å². The predicted molar refractivity (Wildman–Crippen MR) is 83.0 cm³/mol. The second-order valence-corrected chi connectivity index (χ2v) is 5.11. The molecule has 2 aromatic rings. The van der Waals surface area contributed by atoms with Crippen molar-refractivity contribution in [2.24, 2.45) is 0 Å². The molecular formula is C18H20O4. The minimum Gasteiger partial charge on any atom is -0.493 e. The van der Waals surface area contributed by atoms with Crippen LogP contribution >= 0.6 is 0 Å². The van der Waals surface area contributed by atoms with Gasteiger partial charge < -0.3 is 18.9 Å². The Labute approximate surface area is 130 Å². The molecule has 22 heavy (non-hydrogen) atoms. The van der Waals surface area contributed by atoms with Gasteiger partial charge in [-0.25, -0.2) is 0 Å². The van der Waals surface area contributed by atoms with Crippen molar-refractivity contribution >= 4 is 0 Å². The second-order valence-electron chi connectivity index (χ2n) is 5.11. The Morgan fingerprint density at radius 3 is 2.50 bits per heavy atom. The average Bonchev–Trinajstić information content (AvgIpc) is 2.61. The number of hydrogen-bond donors (Lipinski definition) is 0. The maximum absolute atomic E-state index is 5.85. The lowest BCUT2D eigenvalue weighted by Crippen LogP contribution is -2.17. The molecule has 0 radical (unpaired) electrons. The molecule has 0 saturated carbocycles. The summed E-state index contributed by atoms with van der Waals surface area (Å²) in [6, 6.07) is 15.8. The van der Waals surface area contributed by atoms with Crippen LogP contribution in [0.2, 0.25) is 0 Å². The first-order valence-corrected chi connectivity index (χ1v) is 7.44. The van der Waals surface area contributed by atoms with Gasteiger partial charge in [-0.1, -0.05) is 36.4 Å². The van der Waals surface area contributed by atoms with Crippen LogP contribution in [0.1, 0.15) is 23.8 Å². The normalized spacial score (nSPS) is 15.5. The molecule has 1 saturated heterocycles. The van der Waals surface area contributed by atoms with E-state index in [9.17, 15) is 0 Å². The third kappa shape index (κ3) is 3.59. The molecule has 2 aromatic carbocycles. The molecule has 0 aromatic heterocycles. The first kappa shape index (κ1) is 14.9. The summed E-state index contributed by atoms with van der Waals surface area (Å²) >= 11 is 0. The van der Waals surface area contributed by atoms with Gasteiger partial charge in [0.05, 0.1) is 20.3 Å². The number of methoxy groups -OCH3 is 1. The van der Waals surface area contributed by atoms with Crippen LogP contribution in [0.15, 0.2) is 48.5 Å². The predicted octanol–water partition coefficient (Wildman–Crippen LogP) is 3.71. The molecule has 0 spiro atoms. The highest BCUT2D eigenvalue weighted by Gasteiger charge is 2.18. The summed E-state index contributed by atoms with van der Waals surface area (Å²) < 4.78 is 22.5. The van der Waals surface area contributed by atoms with Crippen molar-refractivity contribution in [1.29, 1.82) is 0 Å². The molecule has 0 bridgehead atoms. The fourth-order valence-electron chi connectivity index (χ4n) is 2.37. The van der Waals surface area contributed by atoms with E-state index in [0.29, 0.717) is 18.1 Å². The summed E-state index contributed by atoms with van der Waals surface area (Å²) in [5, 5.41) is 0. The quantitative estimate of drug-likeness (QED) is 0.843. The van der Waals surface area contributed by atoms with Crippen LogP contribution in [0, 0.1) is 0 Å². The van der Waals surface area contributed by atoms with Gasteiger partial charge in [0.25, 0.3) is 0 Å². The number of hydrogen-bond acceptors (Lipinski definition) is 4. The molecule has 116 valence electrons. The number of rotatable bonds is 5. The van der Waals surface area contributed by atoms with Crippen molar-refractivity contribution < 1.29 is 18.9 Å². The standard InChI is InChI=1S/C18H20O4/c1-19-17-12-15(18-20-10-5-11-21-18)8-9-16(17)22-13-14-6-3-2-4-7-14/h2-4,6-9,12,18H,5,10-11,13H2,1H3. The van der Waals surface area contributed by atoms with E-state index in [4.69, 9.17) is 18.9 Å². The molecule has 0 N–H and O–H groups in total. The molecule has 4 heteroatoms. The summed E-state index contributed by atoms with van der Waals surface area (Å²) in [5.74, 6) is 1.40. The molecule has 4 nitrogen and oxygen atoms in total. The van der Waals surface area contributed by atoms with E-state index < -0.39 is 0 Å². The van der Waals surface area contributed by atoms with Crippen LogP contribution in [0.25, 0.3) is 0 Å². The fourth-order valence-corrected chi connectivity index (χ4v) is 2.37. The Balaban J connectivity index is 1.71. The lowest BCUT2D eigenvalue weighted by molar-refractivity contribution is -0.183. The van der Waals surface area contributed by atoms with Gasteiger partial charge in [-0.15, -0.1) is 0 Å². The minimum absolute atomic E-state index is 0.314. The molecule has 1 fully saturated rings. The Hall–Kier alpha value is -2.04. The summed E-state index contributed by atoms with van der Waals surface area (Å²) in [7, 11) is 1.64. The Morgan fingerprint density at radius 2 is 1.77 bits per heavy atom. The maximum atomic E-state index is 5.85. The summed E-state index contributed by atoms with van der Waals surface area (Å²) in [4.78, 5) is 0. The SMILES string of the molecule is COc1cc(C2OCCCO2)ccc1OCc1ccccc1. The van der Waals surface area contributed by atoms with Gasteiger partial charge in [-0.05, 0) is 24.1 Å². The molecule has 0 amide bonds. The van der Waals surface area contributed by atoms with Crippen molar-refractivity contribution in [3.63, 3.8) is 0 Å². The zero-order chi connectivity index (χ0) is 15.2. The summed E-state index contributed by atoms with van der Waals surface area (Å²) in [6.07, 6.45) is 0.622. The average molecular weight is 300 g/mol. The Kier molecular flexibility index (Phi) is 4.93. The highest BCUT2D eigenvalue weighted by atomic mass is 16.7. The van der Waals surface area contributed by atoms with Gasteiger partial charge in [-0.3, -0.25) is 0 Å². The first-order valence-electron chi connectivity index (χ1n) is 7.44. The molecule has 1 aliphatic heterocycles. The van der Waals surface area contributed by atoms with Crippen LogP contribution in [0.3, 0.4) is 0 Å². The van der Waals surface area contributed by atoms with Gasteiger partial charge in [0.2, 0.25) is 0 Å². The number of benzene rings is 2. The maximum Gasteiger partial charge on any atom is 0.183 e. The molecule has 0 aliphatic carbocycles. The smallest absolute Gasteiger partial charge is 0.183 e. The van der Waals surface area contributed by atoms with E-state index in [2.05, 4.69) is 0 Å². The van der Waals surface area contributed by atoms with E-state index >= 15 is 0 Å². The van der Waals surface area contributed by atoms with Crippen LogP contribution in [0.4, 0.5) is 0 Å². The fraction of sp³-hybridized carbons (Fsp3) is 0.333. The van der Waals surface area contributed by atoms with E-state index in [0.717, 1.165) is 30.8 Å². The highest BCUT2D eigenvalue weighted by molar-refractivity contribution is 5.43. The van der Waals surface area contributed by atoms with Gasteiger partial charge in [0.1, 0.15) is 6.61 Å². The Morgan fingerprint density at radius 1 is 1.00 bits per heavy atom. The molecule has 3 rings (SSSR count). The van der Waals surface area contributed by atoms with E-state index in [1.807, 2.05) is 48.5 Å². The highest BCUT2D eigenvalue weighted by Crippen LogP contribution is 2.33. The van der Waals surface area contributed by atoms with Gasteiger partial charge in [0.15, 0.2) is 17.8 Å². The van der Waals surface area contributed by atoms with Crippen molar-refractivity contribution in [3.05, 3.63) is 59.7 Å². The molecule has 1 heterocycles. The largest absolute Gasteiger partial charge is 0.493 e. The van der Waals surface area contributed by atoms with Crippen molar-refractivity contribution in [1.82, 2.24) is 0 Å². The summed E-state index contributed by atoms with van der Waals surface area (Å²) in [6.45, 7) is 1.95. The monoisotopic (exact) mass is 300 g/mol. The lowest BCUT2D eigenvalue weighted by Gasteiger charge is -2.24. The van der Waals surface area contributed by atoms with Crippen LogP contribution in [0.5, 0.6) is 11.5 Å². The Bertz CT molecular complexity index is 591. The molecule has 0 unspecified atom stereocenters. The van der Waals surface area contributed by atoms with Gasteiger partial charge >= 0.3 is 0 Å². The minimum atomic E-state index is -0.314. The zero-order valence-electron chi connectivity index (χ0n) is 12.7. The number of ether oxygens (including phenoxy) is 4. The van der Waals surface area contributed by atoms with Crippen molar-refractivity contribution in [3.8, 4) is 11.5 Å². The topological polar surface area (TPSA) is 36.9 Å². The van der Waals surface area contributed by atoms with Gasteiger partial charge in [0, 0.05) is 5.56 Å². The van der Waals surface area contributed by atoms with Crippen molar-refractivity contribution in [2.45, 2.75) is 19.3 Å². The van der Waals surface area contributed by atoms with E-state index in [-0.39, 0.29) is 6.29 Å². The third-order valence-electron chi connectivity index (χ3n) is 3.52. The van der Waals surface area contributed by atoms with E-state index in [1.54, 1.807) is 7.11 Å².